The van der Waals surface area contributed by atoms with Gasteiger partial charge in [0, 0.05) is 27.9 Å². The number of methoxy groups -OCH3 is 1. The van der Waals surface area contributed by atoms with E-state index in [2.05, 4.69) is 45.2 Å². The maximum atomic E-state index is 5.44. The molecule has 4 nitrogen and oxygen atoms in total. The second-order valence-electron chi connectivity index (χ2n) is 6.93. The smallest absolute Gasteiger partial charge is 0.186 e. The molecule has 0 amide bonds. The molecule has 0 aliphatic carbocycles. The van der Waals surface area contributed by atoms with Crippen LogP contribution in [0.1, 0.15) is 12.8 Å². The maximum absolute atomic E-state index is 5.44. The zero-order chi connectivity index (χ0) is 16.9. The average molecular weight is 338 g/mol. The highest BCUT2D eigenvalue weighted by atomic mass is 28.4. The number of ether oxygens (including phenoxy) is 1. The van der Waals surface area contributed by atoms with Crippen LogP contribution in [0.15, 0.2) is 0 Å². The molecule has 0 spiro atoms. The molecule has 0 unspecified atom stereocenters. The fourth-order valence-electron chi connectivity index (χ4n) is 1.67. The summed E-state index contributed by atoms with van der Waals surface area (Å²) in [6.07, 6.45) is 2.39. The molecule has 0 aromatic rings. The first kappa shape index (κ1) is 23.5. The van der Waals surface area contributed by atoms with Gasteiger partial charge < -0.3 is 18.5 Å². The predicted octanol–water partition coefficient (Wildman–Crippen LogP) is 3.66. The molecule has 21 heavy (non-hydrogen) atoms. The van der Waals surface area contributed by atoms with Gasteiger partial charge in [0.05, 0.1) is 0 Å². The van der Waals surface area contributed by atoms with Gasteiger partial charge in [0.1, 0.15) is 0 Å². The van der Waals surface area contributed by atoms with Crippen LogP contribution >= 0.6 is 0 Å². The molecule has 130 valence electrons. The molecule has 0 aliphatic heterocycles. The third-order valence-corrected chi connectivity index (χ3v) is 8.94. The SMILES string of the molecule is COCCC[Si](C)(C)OC.CO[Si](C)(C)CCCN(C)C. The van der Waals surface area contributed by atoms with E-state index in [1.165, 1.54) is 25.1 Å². The highest BCUT2D eigenvalue weighted by Gasteiger charge is 2.19. The van der Waals surface area contributed by atoms with E-state index in [0.717, 1.165) is 13.0 Å². The van der Waals surface area contributed by atoms with Crippen molar-refractivity contribution in [1.82, 2.24) is 4.90 Å². The number of rotatable bonds is 10. The van der Waals surface area contributed by atoms with Crippen LogP contribution in [0.4, 0.5) is 0 Å². The van der Waals surface area contributed by atoms with E-state index in [0.29, 0.717) is 0 Å². The van der Waals surface area contributed by atoms with Gasteiger partial charge in [-0.05, 0) is 71.8 Å². The first-order chi connectivity index (χ1) is 9.60. The molecule has 0 aromatic heterocycles. The van der Waals surface area contributed by atoms with Crippen LogP contribution < -0.4 is 0 Å². The van der Waals surface area contributed by atoms with Crippen molar-refractivity contribution in [1.29, 1.82) is 0 Å². The summed E-state index contributed by atoms with van der Waals surface area (Å²) in [7, 11) is 7.04. The summed E-state index contributed by atoms with van der Waals surface area (Å²) in [5.41, 5.74) is 0. The Balaban J connectivity index is 0. The van der Waals surface area contributed by atoms with Crippen LogP contribution in [0, 0.1) is 0 Å². The van der Waals surface area contributed by atoms with Gasteiger partial charge >= 0.3 is 0 Å². The van der Waals surface area contributed by atoms with Crippen LogP contribution in [-0.2, 0) is 13.6 Å². The Labute approximate surface area is 135 Å². The van der Waals surface area contributed by atoms with Crippen LogP contribution in [0.25, 0.3) is 0 Å². The molecule has 0 aromatic carbocycles. The van der Waals surface area contributed by atoms with Crippen molar-refractivity contribution in [3.05, 3.63) is 0 Å². The summed E-state index contributed by atoms with van der Waals surface area (Å²) in [6, 6.07) is 2.46. The van der Waals surface area contributed by atoms with Crippen molar-refractivity contribution in [2.75, 3.05) is 48.6 Å². The molecule has 0 bridgehead atoms. The van der Waals surface area contributed by atoms with E-state index in [4.69, 9.17) is 13.6 Å². The highest BCUT2D eigenvalue weighted by molar-refractivity contribution is 6.71. The van der Waals surface area contributed by atoms with Crippen molar-refractivity contribution in [3.8, 4) is 0 Å². The highest BCUT2D eigenvalue weighted by Crippen LogP contribution is 2.12. The molecule has 0 fully saturated rings. The van der Waals surface area contributed by atoms with Crippen LogP contribution in [-0.4, -0.2) is 70.1 Å². The van der Waals surface area contributed by atoms with Gasteiger partial charge in [0.15, 0.2) is 16.6 Å². The van der Waals surface area contributed by atoms with E-state index in [1.54, 1.807) is 14.2 Å². The van der Waals surface area contributed by atoms with Crippen molar-refractivity contribution < 1.29 is 13.6 Å². The van der Waals surface area contributed by atoms with Gasteiger partial charge in [-0.1, -0.05) is 0 Å². The Bertz CT molecular complexity index is 237. The minimum absolute atomic E-state index is 0.861. The fraction of sp³-hybridized carbons (Fsp3) is 1.00. The van der Waals surface area contributed by atoms with E-state index in [-0.39, 0.29) is 0 Å². The molecular formula is C15H39NO3Si2. The summed E-state index contributed by atoms with van der Waals surface area (Å²) in [5, 5.41) is 0. The Morgan fingerprint density at radius 3 is 1.52 bits per heavy atom. The monoisotopic (exact) mass is 337 g/mol. The number of nitrogens with zero attached hydrogens (tertiary/aromatic N) is 1. The van der Waals surface area contributed by atoms with Crippen LogP contribution in [0.5, 0.6) is 0 Å². The predicted molar refractivity (Wildman–Crippen MR) is 98.3 cm³/mol. The lowest BCUT2D eigenvalue weighted by Crippen LogP contribution is -2.29. The average Bonchev–Trinajstić information content (AvgIpc) is 2.39. The third-order valence-electron chi connectivity index (χ3n) is 3.62. The zero-order valence-corrected chi connectivity index (χ0v) is 17.9. The zero-order valence-electron chi connectivity index (χ0n) is 15.9. The van der Waals surface area contributed by atoms with Gasteiger partial charge in [-0.15, -0.1) is 0 Å². The Morgan fingerprint density at radius 1 is 0.762 bits per heavy atom. The first-order valence-corrected chi connectivity index (χ1v) is 14.1. The van der Waals surface area contributed by atoms with Gasteiger partial charge in [0.25, 0.3) is 0 Å². The van der Waals surface area contributed by atoms with E-state index in [1.807, 2.05) is 7.11 Å². The minimum Gasteiger partial charge on any atom is -0.420 e. The summed E-state index contributed by atoms with van der Waals surface area (Å²) in [4.78, 5) is 2.22. The van der Waals surface area contributed by atoms with Gasteiger partial charge in [-0.2, -0.15) is 0 Å². The Hall–Kier alpha value is 0.274. The topological polar surface area (TPSA) is 30.9 Å². The second-order valence-corrected chi connectivity index (χ2v) is 15.8. The molecule has 0 rings (SSSR count). The largest absolute Gasteiger partial charge is 0.420 e. The van der Waals surface area contributed by atoms with Gasteiger partial charge in [0.2, 0.25) is 0 Å². The second kappa shape index (κ2) is 12.8. The molecule has 0 saturated carbocycles. The lowest BCUT2D eigenvalue weighted by molar-refractivity contribution is 0.197. The fourth-order valence-corrected chi connectivity index (χ4v) is 4.08. The summed E-state index contributed by atoms with van der Waals surface area (Å²) in [6.45, 7) is 11.0. The summed E-state index contributed by atoms with van der Waals surface area (Å²) in [5.74, 6) is 0. The van der Waals surface area contributed by atoms with Crippen LogP contribution in [0.2, 0.25) is 38.3 Å². The lowest BCUT2D eigenvalue weighted by atomic mass is 10.5. The minimum atomic E-state index is -1.29. The molecule has 0 aliphatic rings. The molecule has 0 saturated heterocycles. The van der Waals surface area contributed by atoms with Gasteiger partial charge in [-0.3, -0.25) is 0 Å². The van der Waals surface area contributed by atoms with Crippen molar-refractivity contribution in [2.24, 2.45) is 0 Å². The third kappa shape index (κ3) is 18.2. The normalized spacial score (nSPS) is 12.3. The molecule has 0 heterocycles. The summed E-state index contributed by atoms with van der Waals surface area (Å²) >= 11 is 0. The van der Waals surface area contributed by atoms with E-state index >= 15 is 0 Å². The first-order valence-electron chi connectivity index (χ1n) is 7.84. The summed E-state index contributed by atoms with van der Waals surface area (Å²) < 4.78 is 15.8. The van der Waals surface area contributed by atoms with E-state index in [9.17, 15) is 0 Å². The Morgan fingerprint density at radius 2 is 1.19 bits per heavy atom. The van der Waals surface area contributed by atoms with E-state index < -0.39 is 16.6 Å². The molecular weight excluding hydrogens is 298 g/mol. The lowest BCUT2D eigenvalue weighted by Gasteiger charge is -2.20. The maximum Gasteiger partial charge on any atom is 0.186 e. The molecule has 0 N–H and O–H groups in total. The molecule has 0 radical (unpaired) electrons. The van der Waals surface area contributed by atoms with Crippen molar-refractivity contribution in [3.63, 3.8) is 0 Å². The van der Waals surface area contributed by atoms with Crippen molar-refractivity contribution in [2.45, 2.75) is 51.1 Å². The van der Waals surface area contributed by atoms with Gasteiger partial charge in [-0.25, -0.2) is 0 Å². The Kier molecular flexibility index (Phi) is 14.3. The number of hydrogen-bond donors (Lipinski definition) is 0. The van der Waals surface area contributed by atoms with Crippen LogP contribution in [0.3, 0.4) is 0 Å². The molecule has 0 atom stereocenters. The van der Waals surface area contributed by atoms with Crippen molar-refractivity contribution >= 4 is 16.6 Å². The number of hydrogen-bond acceptors (Lipinski definition) is 4. The standard InChI is InChI=1S/C8H21NOSi.C7H18O2Si/c1-9(2)7-6-8-11(4,5)10-3;1-8-6-5-7-10(3,4)9-2/h6-8H2,1-5H3;5-7H2,1-4H3. The molecule has 6 heteroatoms. The quantitative estimate of drug-likeness (QED) is 0.449.